The van der Waals surface area contributed by atoms with Crippen LogP contribution in [0.25, 0.3) is 0 Å². The molecule has 0 saturated carbocycles. The van der Waals surface area contributed by atoms with E-state index in [2.05, 4.69) is 23.6 Å². The quantitative estimate of drug-likeness (QED) is 0.619. The smallest absolute Gasteiger partial charge is 0.0191 e. The van der Waals surface area contributed by atoms with Crippen molar-refractivity contribution < 1.29 is 0 Å². The van der Waals surface area contributed by atoms with Gasteiger partial charge < -0.3 is 10.6 Å². The zero-order valence-corrected chi connectivity index (χ0v) is 13.2. The lowest BCUT2D eigenvalue weighted by molar-refractivity contribution is 0.104. The van der Waals surface area contributed by atoms with Crippen molar-refractivity contribution in [3.05, 3.63) is 0 Å². The van der Waals surface area contributed by atoms with E-state index in [0.717, 1.165) is 6.54 Å². The van der Waals surface area contributed by atoms with Gasteiger partial charge in [-0.2, -0.15) is 0 Å². The number of piperazine rings is 1. The summed E-state index contributed by atoms with van der Waals surface area (Å²) in [5.41, 5.74) is 5.73. The summed E-state index contributed by atoms with van der Waals surface area (Å²) in [7, 11) is 0. The van der Waals surface area contributed by atoms with Crippen LogP contribution >= 0.6 is 0 Å². The topological polar surface area (TPSA) is 32.5 Å². The van der Waals surface area contributed by atoms with Gasteiger partial charge in [0.1, 0.15) is 0 Å². The van der Waals surface area contributed by atoms with E-state index in [4.69, 9.17) is 5.73 Å². The van der Waals surface area contributed by atoms with Crippen molar-refractivity contribution in [1.82, 2.24) is 9.80 Å². The Bertz CT molecular complexity index is 200. The molecule has 1 heterocycles. The summed E-state index contributed by atoms with van der Waals surface area (Å²) in [6.45, 7) is 11.5. The number of rotatable bonds is 10. The predicted octanol–water partition coefficient (Wildman–Crippen LogP) is 2.70. The van der Waals surface area contributed by atoms with Gasteiger partial charge in [-0.25, -0.2) is 0 Å². The van der Waals surface area contributed by atoms with E-state index in [0.29, 0.717) is 6.04 Å². The fourth-order valence-electron chi connectivity index (χ4n) is 2.87. The normalized spacial score (nSPS) is 19.7. The Labute approximate surface area is 120 Å². The van der Waals surface area contributed by atoms with Gasteiger partial charge in [-0.15, -0.1) is 0 Å². The van der Waals surface area contributed by atoms with Crippen molar-refractivity contribution in [3.8, 4) is 0 Å². The maximum Gasteiger partial charge on any atom is 0.0191 e. The molecular weight excluding hydrogens is 234 g/mol. The Balaban J connectivity index is 1.95. The lowest BCUT2D eigenvalue weighted by Gasteiger charge is -2.37. The van der Waals surface area contributed by atoms with Crippen molar-refractivity contribution in [1.29, 1.82) is 0 Å². The third kappa shape index (κ3) is 7.28. The minimum atomic E-state index is 0.556. The SMILES string of the molecule is CCCCCCCCCN1CCN(C(C)CN)CC1. The molecule has 19 heavy (non-hydrogen) atoms. The summed E-state index contributed by atoms with van der Waals surface area (Å²) >= 11 is 0. The van der Waals surface area contributed by atoms with Crippen LogP contribution in [0.3, 0.4) is 0 Å². The standard InChI is InChI=1S/C16H35N3/c1-3-4-5-6-7-8-9-10-18-11-13-19(14-12-18)16(2)15-17/h16H,3-15,17H2,1-2H3. The molecule has 1 rings (SSSR count). The van der Waals surface area contributed by atoms with Gasteiger partial charge >= 0.3 is 0 Å². The highest BCUT2D eigenvalue weighted by Crippen LogP contribution is 2.10. The van der Waals surface area contributed by atoms with E-state index in [-0.39, 0.29) is 0 Å². The Hall–Kier alpha value is -0.120. The minimum absolute atomic E-state index is 0.556. The molecule has 0 amide bonds. The molecule has 3 heteroatoms. The Morgan fingerprint density at radius 1 is 0.895 bits per heavy atom. The van der Waals surface area contributed by atoms with E-state index in [1.165, 1.54) is 77.7 Å². The second-order valence-electron chi connectivity index (χ2n) is 6.08. The third-order valence-corrected chi connectivity index (χ3v) is 4.45. The second-order valence-corrected chi connectivity index (χ2v) is 6.08. The molecule has 1 saturated heterocycles. The molecule has 1 aliphatic heterocycles. The van der Waals surface area contributed by atoms with E-state index < -0.39 is 0 Å². The van der Waals surface area contributed by atoms with Gasteiger partial charge in [0, 0.05) is 38.8 Å². The van der Waals surface area contributed by atoms with E-state index in [1.54, 1.807) is 0 Å². The Morgan fingerprint density at radius 2 is 1.47 bits per heavy atom. The first-order valence-corrected chi connectivity index (χ1v) is 8.44. The summed E-state index contributed by atoms with van der Waals surface area (Å²) in [5, 5.41) is 0. The highest BCUT2D eigenvalue weighted by molar-refractivity contribution is 4.76. The zero-order valence-electron chi connectivity index (χ0n) is 13.2. The minimum Gasteiger partial charge on any atom is -0.329 e. The fourth-order valence-corrected chi connectivity index (χ4v) is 2.87. The van der Waals surface area contributed by atoms with Crippen molar-refractivity contribution in [2.24, 2.45) is 5.73 Å². The molecular formula is C16H35N3. The monoisotopic (exact) mass is 269 g/mol. The van der Waals surface area contributed by atoms with Gasteiger partial charge in [0.2, 0.25) is 0 Å². The van der Waals surface area contributed by atoms with Crippen molar-refractivity contribution in [2.75, 3.05) is 39.3 Å². The summed E-state index contributed by atoms with van der Waals surface area (Å²) in [6.07, 6.45) is 9.89. The maximum absolute atomic E-state index is 5.73. The first kappa shape index (κ1) is 16.9. The molecule has 0 aromatic carbocycles. The van der Waals surface area contributed by atoms with E-state index in [1.807, 2.05) is 0 Å². The number of hydrogen-bond acceptors (Lipinski definition) is 3. The first-order chi connectivity index (χ1) is 9.27. The summed E-state index contributed by atoms with van der Waals surface area (Å²) in [4.78, 5) is 5.16. The first-order valence-electron chi connectivity index (χ1n) is 8.44. The molecule has 2 N–H and O–H groups in total. The van der Waals surface area contributed by atoms with Crippen molar-refractivity contribution in [3.63, 3.8) is 0 Å². The van der Waals surface area contributed by atoms with Crippen LogP contribution in [-0.4, -0.2) is 55.1 Å². The molecule has 0 aromatic rings. The zero-order chi connectivity index (χ0) is 13.9. The van der Waals surface area contributed by atoms with Crippen molar-refractivity contribution >= 4 is 0 Å². The Kier molecular flexibility index (Phi) is 9.48. The van der Waals surface area contributed by atoms with Crippen LogP contribution < -0.4 is 5.73 Å². The molecule has 0 aliphatic carbocycles. The molecule has 0 bridgehead atoms. The number of nitrogens with zero attached hydrogens (tertiary/aromatic N) is 2. The molecule has 1 fully saturated rings. The van der Waals surface area contributed by atoms with Gasteiger partial charge in [0.15, 0.2) is 0 Å². The fraction of sp³-hybridized carbons (Fsp3) is 1.00. The lowest BCUT2D eigenvalue weighted by atomic mass is 10.1. The largest absolute Gasteiger partial charge is 0.329 e. The molecule has 0 aromatic heterocycles. The van der Waals surface area contributed by atoms with Crippen LogP contribution in [0.2, 0.25) is 0 Å². The van der Waals surface area contributed by atoms with Crippen molar-refractivity contribution in [2.45, 2.75) is 64.8 Å². The van der Waals surface area contributed by atoms with Crippen LogP contribution in [0, 0.1) is 0 Å². The molecule has 1 unspecified atom stereocenters. The van der Waals surface area contributed by atoms with E-state index in [9.17, 15) is 0 Å². The van der Waals surface area contributed by atoms with Gasteiger partial charge in [0.05, 0.1) is 0 Å². The van der Waals surface area contributed by atoms with Crippen LogP contribution in [0.1, 0.15) is 58.8 Å². The molecule has 0 radical (unpaired) electrons. The van der Waals surface area contributed by atoms with Gasteiger partial charge in [-0.1, -0.05) is 45.4 Å². The molecule has 0 spiro atoms. The van der Waals surface area contributed by atoms with Crippen LogP contribution in [0.15, 0.2) is 0 Å². The number of nitrogens with two attached hydrogens (primary N) is 1. The molecule has 3 nitrogen and oxygen atoms in total. The lowest BCUT2D eigenvalue weighted by Crippen LogP contribution is -2.51. The van der Waals surface area contributed by atoms with Gasteiger partial charge in [-0.05, 0) is 19.9 Å². The highest BCUT2D eigenvalue weighted by Gasteiger charge is 2.19. The number of hydrogen-bond donors (Lipinski definition) is 1. The van der Waals surface area contributed by atoms with Crippen LogP contribution in [0.5, 0.6) is 0 Å². The Morgan fingerprint density at radius 3 is 2.05 bits per heavy atom. The average Bonchev–Trinajstić information content (AvgIpc) is 2.46. The summed E-state index contributed by atoms with van der Waals surface area (Å²) < 4.78 is 0. The van der Waals surface area contributed by atoms with Crippen LogP contribution in [0.4, 0.5) is 0 Å². The van der Waals surface area contributed by atoms with E-state index >= 15 is 0 Å². The average molecular weight is 269 g/mol. The van der Waals surface area contributed by atoms with Gasteiger partial charge in [-0.3, -0.25) is 4.90 Å². The van der Waals surface area contributed by atoms with Gasteiger partial charge in [0.25, 0.3) is 0 Å². The summed E-state index contributed by atoms with van der Waals surface area (Å²) in [6, 6.07) is 0.556. The summed E-state index contributed by atoms with van der Waals surface area (Å²) in [5.74, 6) is 0. The maximum atomic E-state index is 5.73. The molecule has 1 aliphatic rings. The molecule has 1 atom stereocenters. The second kappa shape index (κ2) is 10.6. The third-order valence-electron chi connectivity index (χ3n) is 4.45. The highest BCUT2D eigenvalue weighted by atomic mass is 15.3. The number of unbranched alkanes of at least 4 members (excludes halogenated alkanes) is 6. The molecule has 114 valence electrons. The predicted molar refractivity (Wildman–Crippen MR) is 84.5 cm³/mol. The van der Waals surface area contributed by atoms with Crippen LogP contribution in [-0.2, 0) is 0 Å².